The molecule has 0 amide bonds. The van der Waals surface area contributed by atoms with Crippen LogP contribution >= 0.6 is 0 Å². The van der Waals surface area contributed by atoms with Crippen LogP contribution in [0.1, 0.15) is 36.5 Å². The van der Waals surface area contributed by atoms with Gasteiger partial charge in [0.25, 0.3) is 0 Å². The standard InChI is InChI=1S/C21H19F7O/c1-2-3-14-4-6-15(7-5-14)8-11-21(27,28)29-16-12-18(22)17(19(23)13-16)9-10-20(24,25)26/h4-7,9-10,12-13H,2-3,8,11H2,1H3. The second-order valence-corrected chi connectivity index (χ2v) is 6.48. The Balaban J connectivity index is 2.04. The van der Waals surface area contributed by atoms with E-state index in [0.29, 0.717) is 17.7 Å². The average molecular weight is 420 g/mol. The topological polar surface area (TPSA) is 9.23 Å². The molecular weight excluding hydrogens is 401 g/mol. The molecule has 2 rings (SSSR count). The molecule has 8 heteroatoms. The number of alkyl halides is 5. The van der Waals surface area contributed by atoms with Gasteiger partial charge in [-0.05, 0) is 30.0 Å². The van der Waals surface area contributed by atoms with Crippen LogP contribution in [0.3, 0.4) is 0 Å². The van der Waals surface area contributed by atoms with Crippen molar-refractivity contribution in [3.8, 4) is 5.75 Å². The summed E-state index contributed by atoms with van der Waals surface area (Å²) in [6, 6.07) is 7.98. The largest absolute Gasteiger partial charge is 0.432 e. The number of benzene rings is 2. The fourth-order valence-corrected chi connectivity index (χ4v) is 2.63. The van der Waals surface area contributed by atoms with Crippen LogP contribution in [0.4, 0.5) is 30.7 Å². The quantitative estimate of drug-likeness (QED) is 0.414. The monoisotopic (exact) mass is 420 g/mol. The van der Waals surface area contributed by atoms with Gasteiger partial charge in [0.15, 0.2) is 0 Å². The summed E-state index contributed by atoms with van der Waals surface area (Å²) < 4.78 is 96.5. The van der Waals surface area contributed by atoms with Gasteiger partial charge in [-0.1, -0.05) is 37.6 Å². The van der Waals surface area contributed by atoms with E-state index in [-0.39, 0.29) is 18.6 Å². The van der Waals surface area contributed by atoms with Crippen LogP contribution < -0.4 is 4.74 Å². The van der Waals surface area contributed by atoms with Crippen molar-refractivity contribution >= 4 is 6.08 Å². The molecule has 1 nitrogen and oxygen atoms in total. The zero-order valence-electron chi connectivity index (χ0n) is 15.5. The minimum Gasteiger partial charge on any atom is -0.432 e. The molecule has 29 heavy (non-hydrogen) atoms. The molecule has 0 aromatic heterocycles. The molecule has 0 atom stereocenters. The van der Waals surface area contributed by atoms with Gasteiger partial charge in [-0.15, -0.1) is 0 Å². The molecule has 0 bridgehead atoms. The van der Waals surface area contributed by atoms with Gasteiger partial charge in [0, 0.05) is 23.8 Å². The highest BCUT2D eigenvalue weighted by atomic mass is 19.4. The maximum absolute atomic E-state index is 14.0. The number of ether oxygens (including phenoxy) is 1. The van der Waals surface area contributed by atoms with Gasteiger partial charge in [0.05, 0.1) is 6.42 Å². The third kappa shape index (κ3) is 7.44. The molecule has 2 aromatic rings. The SMILES string of the molecule is CCCc1ccc(CCC(F)(F)Oc2cc(F)c(C=CC(F)(F)F)c(F)c2)cc1. The van der Waals surface area contributed by atoms with Crippen molar-refractivity contribution in [3.05, 3.63) is 70.8 Å². The number of halogens is 7. The highest BCUT2D eigenvalue weighted by molar-refractivity contribution is 5.53. The Hall–Kier alpha value is -2.51. The summed E-state index contributed by atoms with van der Waals surface area (Å²) in [5, 5.41) is 0. The lowest BCUT2D eigenvalue weighted by Crippen LogP contribution is -2.25. The van der Waals surface area contributed by atoms with Gasteiger partial charge in [-0.2, -0.15) is 22.0 Å². The smallest absolute Gasteiger partial charge is 0.409 e. The second kappa shape index (κ2) is 9.33. The molecule has 158 valence electrons. The lowest BCUT2D eigenvalue weighted by Gasteiger charge is -2.18. The molecule has 0 aliphatic carbocycles. The van der Waals surface area contributed by atoms with Gasteiger partial charge in [-0.3, -0.25) is 0 Å². The van der Waals surface area contributed by atoms with Crippen molar-refractivity contribution in [1.29, 1.82) is 0 Å². The Labute approximate surface area is 163 Å². The van der Waals surface area contributed by atoms with Crippen LogP contribution in [0.15, 0.2) is 42.5 Å². The number of aryl methyl sites for hydroxylation is 2. The molecule has 0 aliphatic rings. The molecule has 0 fully saturated rings. The predicted molar refractivity (Wildman–Crippen MR) is 95.8 cm³/mol. The van der Waals surface area contributed by atoms with Crippen LogP contribution in [0.2, 0.25) is 0 Å². The van der Waals surface area contributed by atoms with Crippen molar-refractivity contribution < 1.29 is 35.5 Å². The van der Waals surface area contributed by atoms with E-state index in [2.05, 4.69) is 4.74 Å². The molecule has 0 heterocycles. The van der Waals surface area contributed by atoms with E-state index in [1.807, 2.05) is 19.1 Å². The van der Waals surface area contributed by atoms with E-state index in [1.165, 1.54) is 0 Å². The van der Waals surface area contributed by atoms with E-state index in [1.54, 1.807) is 12.1 Å². The van der Waals surface area contributed by atoms with Crippen molar-refractivity contribution in [2.45, 2.75) is 44.9 Å². The fourth-order valence-electron chi connectivity index (χ4n) is 2.63. The van der Waals surface area contributed by atoms with Crippen LogP contribution in [-0.4, -0.2) is 12.3 Å². The predicted octanol–water partition coefficient (Wildman–Crippen LogP) is 7.10. The fraction of sp³-hybridized carbons (Fsp3) is 0.333. The van der Waals surface area contributed by atoms with E-state index in [0.717, 1.165) is 18.4 Å². The van der Waals surface area contributed by atoms with Gasteiger partial charge in [0.2, 0.25) is 0 Å². The molecule has 0 unspecified atom stereocenters. The van der Waals surface area contributed by atoms with Gasteiger partial charge >= 0.3 is 12.3 Å². The third-order valence-electron chi connectivity index (χ3n) is 4.03. The van der Waals surface area contributed by atoms with Crippen molar-refractivity contribution in [2.75, 3.05) is 0 Å². The molecule has 0 spiro atoms. The lowest BCUT2D eigenvalue weighted by molar-refractivity contribution is -0.180. The first-order valence-electron chi connectivity index (χ1n) is 8.89. The first kappa shape index (κ1) is 22.8. The van der Waals surface area contributed by atoms with Crippen LogP contribution in [0.5, 0.6) is 5.75 Å². The Bertz CT molecular complexity index is 816. The molecule has 0 saturated heterocycles. The number of hydrogen-bond donors (Lipinski definition) is 0. The maximum Gasteiger partial charge on any atom is 0.409 e. The molecule has 0 radical (unpaired) electrons. The summed E-state index contributed by atoms with van der Waals surface area (Å²) in [5.41, 5.74) is 0.744. The van der Waals surface area contributed by atoms with Crippen molar-refractivity contribution in [3.63, 3.8) is 0 Å². The molecular formula is C21H19F7O. The molecule has 0 saturated carbocycles. The summed E-state index contributed by atoms with van der Waals surface area (Å²) in [6.07, 6.45) is -7.58. The Kier molecular flexibility index (Phi) is 7.32. The zero-order valence-corrected chi connectivity index (χ0v) is 15.5. The normalized spacial score (nSPS) is 12.6. The first-order chi connectivity index (χ1) is 13.5. The van der Waals surface area contributed by atoms with Gasteiger partial charge < -0.3 is 4.74 Å². The number of rotatable bonds is 8. The van der Waals surface area contributed by atoms with Crippen LogP contribution in [-0.2, 0) is 12.8 Å². The lowest BCUT2D eigenvalue weighted by atomic mass is 10.0. The van der Waals surface area contributed by atoms with Crippen LogP contribution in [0.25, 0.3) is 6.08 Å². The van der Waals surface area contributed by atoms with Crippen LogP contribution in [0, 0.1) is 11.6 Å². The minimum atomic E-state index is -4.77. The number of hydrogen-bond acceptors (Lipinski definition) is 1. The third-order valence-corrected chi connectivity index (χ3v) is 4.03. The van der Waals surface area contributed by atoms with E-state index in [9.17, 15) is 30.7 Å². The van der Waals surface area contributed by atoms with Gasteiger partial charge in [0.1, 0.15) is 17.4 Å². The summed E-state index contributed by atoms with van der Waals surface area (Å²) in [5.74, 6) is -3.70. The van der Waals surface area contributed by atoms with E-state index < -0.39 is 41.7 Å². The molecule has 0 aliphatic heterocycles. The summed E-state index contributed by atoms with van der Waals surface area (Å²) in [4.78, 5) is 0. The van der Waals surface area contributed by atoms with Gasteiger partial charge in [-0.25, -0.2) is 8.78 Å². The zero-order chi connectivity index (χ0) is 21.7. The molecule has 2 aromatic carbocycles. The first-order valence-corrected chi connectivity index (χ1v) is 8.89. The Morgan fingerprint density at radius 3 is 1.86 bits per heavy atom. The molecule has 0 N–H and O–H groups in total. The summed E-state index contributed by atoms with van der Waals surface area (Å²) in [7, 11) is 0. The Morgan fingerprint density at radius 1 is 0.862 bits per heavy atom. The minimum absolute atomic E-state index is 0.0310. The average Bonchev–Trinajstić information content (AvgIpc) is 2.59. The van der Waals surface area contributed by atoms with E-state index in [4.69, 9.17) is 0 Å². The summed E-state index contributed by atoms with van der Waals surface area (Å²) >= 11 is 0. The summed E-state index contributed by atoms with van der Waals surface area (Å²) in [6.45, 7) is 2.02. The van der Waals surface area contributed by atoms with Crippen molar-refractivity contribution in [1.82, 2.24) is 0 Å². The highest BCUT2D eigenvalue weighted by Crippen LogP contribution is 2.30. The van der Waals surface area contributed by atoms with E-state index >= 15 is 0 Å². The number of allylic oxidation sites excluding steroid dienone is 1. The highest BCUT2D eigenvalue weighted by Gasteiger charge is 2.32. The maximum atomic E-state index is 14.0. The second-order valence-electron chi connectivity index (χ2n) is 6.48. The Morgan fingerprint density at radius 2 is 1.38 bits per heavy atom. The van der Waals surface area contributed by atoms with Crippen molar-refractivity contribution in [2.24, 2.45) is 0 Å².